The zero-order valence-electron chi connectivity index (χ0n) is 20.0. The van der Waals surface area contributed by atoms with Gasteiger partial charge in [-0.25, -0.2) is 9.37 Å². The van der Waals surface area contributed by atoms with Gasteiger partial charge in [0.25, 0.3) is 0 Å². The molecule has 0 unspecified atom stereocenters. The third-order valence-electron chi connectivity index (χ3n) is 6.07. The number of ether oxygens (including phenoxy) is 1. The minimum Gasteiger partial charge on any atom is -0.383 e. The van der Waals surface area contributed by atoms with Crippen molar-refractivity contribution in [1.29, 1.82) is 0 Å². The van der Waals surface area contributed by atoms with Gasteiger partial charge in [-0.2, -0.15) is 0 Å². The molecular weight excluding hydrogens is 451 g/mol. The Hall–Kier alpha value is -3.33. The summed E-state index contributed by atoms with van der Waals surface area (Å²) in [5.41, 5.74) is 0.526. The molecule has 35 heavy (non-hydrogen) atoms. The number of rotatable bonds is 11. The summed E-state index contributed by atoms with van der Waals surface area (Å²) >= 11 is 0. The Morgan fingerprint density at radius 3 is 2.49 bits per heavy atom. The summed E-state index contributed by atoms with van der Waals surface area (Å²) < 4.78 is 18.7. The summed E-state index contributed by atoms with van der Waals surface area (Å²) in [6, 6.07) is 9.74. The van der Waals surface area contributed by atoms with E-state index in [9.17, 15) is 18.8 Å². The quantitative estimate of drug-likeness (QED) is 0.475. The molecule has 0 bridgehead atoms. The average molecular weight is 485 g/mol. The smallest absolute Gasteiger partial charge is 0.247 e. The molecule has 1 aliphatic carbocycles. The molecule has 3 rings (SSSR count). The van der Waals surface area contributed by atoms with Gasteiger partial charge >= 0.3 is 0 Å². The number of halogens is 1. The topological polar surface area (TPSA) is 101 Å². The van der Waals surface area contributed by atoms with Crippen LogP contribution in [0.4, 0.5) is 10.2 Å². The molecule has 2 aromatic rings. The summed E-state index contributed by atoms with van der Waals surface area (Å²) in [4.78, 5) is 45.0. The van der Waals surface area contributed by atoms with Crippen molar-refractivity contribution in [2.45, 2.75) is 57.0 Å². The van der Waals surface area contributed by atoms with E-state index in [0.29, 0.717) is 18.0 Å². The molecule has 1 atom stereocenters. The van der Waals surface area contributed by atoms with Gasteiger partial charge in [-0.1, -0.05) is 37.5 Å². The van der Waals surface area contributed by atoms with E-state index in [2.05, 4.69) is 15.6 Å². The second-order valence-electron chi connectivity index (χ2n) is 8.59. The zero-order valence-corrected chi connectivity index (χ0v) is 20.0. The Labute approximate surface area is 205 Å². The summed E-state index contributed by atoms with van der Waals surface area (Å²) in [6.07, 6.45) is 6.00. The van der Waals surface area contributed by atoms with E-state index in [1.165, 1.54) is 31.4 Å². The molecule has 0 spiro atoms. The first-order valence-corrected chi connectivity index (χ1v) is 12.0. The van der Waals surface area contributed by atoms with E-state index in [1.54, 1.807) is 29.3 Å². The van der Waals surface area contributed by atoms with E-state index < -0.39 is 11.9 Å². The number of hydrogen-bond donors (Lipinski definition) is 2. The molecule has 2 N–H and O–H groups in total. The van der Waals surface area contributed by atoms with E-state index in [-0.39, 0.29) is 43.1 Å². The molecular formula is C26H33FN4O4. The SMILES string of the molecule is COCCNC(=O)[C@@H](c1ccc(F)cc1)N(C(=O)CCC(=O)Nc1ccccn1)C1CCCCC1. The minimum absolute atomic E-state index is 0.0416. The van der Waals surface area contributed by atoms with Gasteiger partial charge in [0.05, 0.1) is 6.61 Å². The average Bonchev–Trinajstić information content (AvgIpc) is 2.87. The highest BCUT2D eigenvalue weighted by atomic mass is 19.1. The predicted molar refractivity (Wildman–Crippen MR) is 130 cm³/mol. The van der Waals surface area contributed by atoms with Crippen LogP contribution in [-0.4, -0.2) is 53.9 Å². The fourth-order valence-electron chi connectivity index (χ4n) is 4.37. The van der Waals surface area contributed by atoms with Gasteiger partial charge in [-0.05, 0) is 42.7 Å². The molecule has 1 aromatic heterocycles. The maximum Gasteiger partial charge on any atom is 0.247 e. The Balaban J connectivity index is 1.81. The molecule has 9 heteroatoms. The fourth-order valence-corrected chi connectivity index (χ4v) is 4.37. The van der Waals surface area contributed by atoms with Crippen LogP contribution < -0.4 is 10.6 Å². The number of nitrogens with zero attached hydrogens (tertiary/aromatic N) is 2. The molecule has 3 amide bonds. The molecule has 1 heterocycles. The lowest BCUT2D eigenvalue weighted by atomic mass is 9.91. The van der Waals surface area contributed by atoms with Crippen LogP contribution in [0.3, 0.4) is 0 Å². The third kappa shape index (κ3) is 7.85. The highest BCUT2D eigenvalue weighted by Crippen LogP contribution is 2.32. The van der Waals surface area contributed by atoms with Crippen molar-refractivity contribution >= 4 is 23.5 Å². The van der Waals surface area contributed by atoms with Crippen molar-refractivity contribution in [3.63, 3.8) is 0 Å². The van der Waals surface area contributed by atoms with Crippen LogP contribution in [0.5, 0.6) is 0 Å². The lowest BCUT2D eigenvalue weighted by molar-refractivity contribution is -0.145. The second-order valence-corrected chi connectivity index (χ2v) is 8.59. The van der Waals surface area contributed by atoms with E-state index in [0.717, 1.165) is 32.1 Å². The van der Waals surface area contributed by atoms with Crippen molar-refractivity contribution < 1.29 is 23.5 Å². The standard InChI is InChI=1S/C26H33FN4O4/c1-35-18-17-29-26(34)25(19-10-12-20(27)13-11-19)31(21-7-3-2-4-8-21)24(33)15-14-23(32)30-22-9-5-6-16-28-22/h5-6,9-13,16,21,25H,2-4,7-8,14-15,17-18H2,1H3,(H,29,34)(H,28,30,32)/t25-/m1/s1. The van der Waals surface area contributed by atoms with E-state index in [4.69, 9.17) is 4.74 Å². The van der Waals surface area contributed by atoms with Gasteiger partial charge in [0.2, 0.25) is 17.7 Å². The van der Waals surface area contributed by atoms with Gasteiger partial charge < -0.3 is 20.3 Å². The van der Waals surface area contributed by atoms with Crippen molar-refractivity contribution in [3.8, 4) is 0 Å². The fraction of sp³-hybridized carbons (Fsp3) is 0.462. The lowest BCUT2D eigenvalue weighted by Crippen LogP contribution is -2.49. The Kier molecular flexibility index (Phi) is 10.2. The molecule has 0 saturated heterocycles. The maximum atomic E-state index is 13.7. The van der Waals surface area contributed by atoms with Crippen LogP contribution in [0.1, 0.15) is 56.6 Å². The number of methoxy groups -OCH3 is 1. The molecule has 1 aliphatic rings. The number of amides is 3. The normalized spacial score (nSPS) is 14.7. The third-order valence-corrected chi connectivity index (χ3v) is 6.07. The molecule has 188 valence electrons. The summed E-state index contributed by atoms with van der Waals surface area (Å²) in [6.45, 7) is 0.610. The van der Waals surface area contributed by atoms with Gasteiger partial charge in [0.15, 0.2) is 0 Å². The van der Waals surface area contributed by atoms with Crippen molar-refractivity contribution in [1.82, 2.24) is 15.2 Å². The Morgan fingerprint density at radius 2 is 1.83 bits per heavy atom. The largest absolute Gasteiger partial charge is 0.383 e. The van der Waals surface area contributed by atoms with Crippen LogP contribution >= 0.6 is 0 Å². The first-order valence-electron chi connectivity index (χ1n) is 12.0. The van der Waals surface area contributed by atoms with Gasteiger partial charge in [0.1, 0.15) is 17.7 Å². The van der Waals surface area contributed by atoms with Gasteiger partial charge in [-0.15, -0.1) is 0 Å². The summed E-state index contributed by atoms with van der Waals surface area (Å²) in [5.74, 6) is -0.983. The number of aromatic nitrogens is 1. The maximum absolute atomic E-state index is 13.7. The van der Waals surface area contributed by atoms with Crippen molar-refractivity contribution in [2.24, 2.45) is 0 Å². The Morgan fingerprint density at radius 1 is 1.09 bits per heavy atom. The number of benzene rings is 1. The van der Waals surface area contributed by atoms with E-state index in [1.807, 2.05) is 0 Å². The lowest BCUT2D eigenvalue weighted by Gasteiger charge is -2.39. The first-order chi connectivity index (χ1) is 17.0. The number of hydrogen-bond acceptors (Lipinski definition) is 5. The number of carbonyl (C=O) groups is 3. The van der Waals surface area contributed by atoms with Crippen LogP contribution in [0.2, 0.25) is 0 Å². The molecule has 8 nitrogen and oxygen atoms in total. The first kappa shape index (κ1) is 26.3. The number of pyridine rings is 1. The van der Waals surface area contributed by atoms with Gasteiger partial charge in [0, 0.05) is 38.7 Å². The van der Waals surface area contributed by atoms with Crippen LogP contribution in [-0.2, 0) is 19.1 Å². The second kappa shape index (κ2) is 13.5. The van der Waals surface area contributed by atoms with Crippen LogP contribution in [0.15, 0.2) is 48.7 Å². The van der Waals surface area contributed by atoms with Gasteiger partial charge in [-0.3, -0.25) is 14.4 Å². The molecule has 1 fully saturated rings. The number of carbonyl (C=O) groups excluding carboxylic acids is 3. The monoisotopic (exact) mass is 484 g/mol. The molecule has 0 aliphatic heterocycles. The number of nitrogens with one attached hydrogen (secondary N) is 2. The van der Waals surface area contributed by atoms with Crippen LogP contribution in [0.25, 0.3) is 0 Å². The van der Waals surface area contributed by atoms with E-state index >= 15 is 0 Å². The zero-order chi connectivity index (χ0) is 25.0. The summed E-state index contributed by atoms with van der Waals surface area (Å²) in [7, 11) is 1.54. The van der Waals surface area contributed by atoms with Crippen molar-refractivity contribution in [2.75, 3.05) is 25.6 Å². The summed E-state index contributed by atoms with van der Waals surface area (Å²) in [5, 5.41) is 5.51. The van der Waals surface area contributed by atoms with Crippen molar-refractivity contribution in [3.05, 3.63) is 60.0 Å². The molecule has 1 aromatic carbocycles. The minimum atomic E-state index is -0.929. The Bertz CT molecular complexity index is 965. The van der Waals surface area contributed by atoms with Crippen LogP contribution in [0, 0.1) is 5.82 Å². The molecule has 1 saturated carbocycles. The number of anilines is 1. The highest BCUT2D eigenvalue weighted by Gasteiger charge is 2.36. The highest BCUT2D eigenvalue weighted by molar-refractivity contribution is 5.94. The predicted octanol–water partition coefficient (Wildman–Crippen LogP) is 3.60. The molecule has 0 radical (unpaired) electrons.